The second-order valence-electron chi connectivity index (χ2n) is 4.35. The molecule has 0 aliphatic heterocycles. The zero-order valence-electron chi connectivity index (χ0n) is 10.8. The highest BCUT2D eigenvalue weighted by molar-refractivity contribution is 5.84. The van der Waals surface area contributed by atoms with E-state index < -0.39 is 11.4 Å². The molecule has 0 heterocycles. The predicted octanol–water partition coefficient (Wildman–Crippen LogP) is 0.411. The zero-order chi connectivity index (χ0) is 13.6. The molecule has 0 aliphatic rings. The Morgan fingerprint density at radius 2 is 2.28 bits per heavy atom. The fraction of sp³-hybridized carbons (Fsp3) is 0.462. The second-order valence-corrected chi connectivity index (χ2v) is 4.35. The Kier molecular flexibility index (Phi) is 5.12. The normalized spacial score (nSPS) is 13.9. The smallest absolute Gasteiger partial charge is 0.237 e. The number of likely N-dealkylation sites (N-methyl/N-ethyl adjacent to an activating group) is 1. The molecule has 0 radical (unpaired) electrons. The summed E-state index contributed by atoms with van der Waals surface area (Å²) in [5.41, 5.74) is 5.34. The molecule has 5 heteroatoms. The highest BCUT2D eigenvalue weighted by atomic mass is 16.5. The fourth-order valence-electron chi connectivity index (χ4n) is 1.48. The highest BCUT2D eigenvalue weighted by Gasteiger charge is 2.28. The number of hydrogen-bond donors (Lipinski definition) is 3. The molecular weight excluding hydrogens is 232 g/mol. The van der Waals surface area contributed by atoms with Crippen molar-refractivity contribution in [3.8, 4) is 5.75 Å². The maximum atomic E-state index is 11.3. The van der Waals surface area contributed by atoms with Gasteiger partial charge < -0.3 is 20.9 Å². The Balaban J connectivity index is 2.53. The first-order valence-corrected chi connectivity index (χ1v) is 5.83. The molecule has 1 rings (SSSR count). The highest BCUT2D eigenvalue weighted by Crippen LogP contribution is 2.15. The van der Waals surface area contributed by atoms with Crippen LogP contribution in [0.1, 0.15) is 18.9 Å². The van der Waals surface area contributed by atoms with E-state index in [1.807, 2.05) is 12.1 Å². The molecule has 1 unspecified atom stereocenters. The third-order valence-corrected chi connectivity index (χ3v) is 3.05. The number of carbonyl (C=O) groups is 1. The lowest BCUT2D eigenvalue weighted by Crippen LogP contribution is -2.52. The van der Waals surface area contributed by atoms with Gasteiger partial charge in [0, 0.05) is 6.42 Å². The number of nitrogens with two attached hydrogens (primary N) is 1. The van der Waals surface area contributed by atoms with Crippen LogP contribution in [-0.2, 0) is 11.4 Å². The van der Waals surface area contributed by atoms with E-state index >= 15 is 0 Å². The van der Waals surface area contributed by atoms with E-state index in [1.54, 1.807) is 26.1 Å². The summed E-state index contributed by atoms with van der Waals surface area (Å²) < 4.78 is 5.54. The van der Waals surface area contributed by atoms with Crippen LogP contribution in [0.4, 0.5) is 0 Å². The van der Waals surface area contributed by atoms with Gasteiger partial charge in [-0.05, 0) is 31.7 Å². The molecule has 18 heavy (non-hydrogen) atoms. The van der Waals surface area contributed by atoms with Crippen molar-refractivity contribution in [3.05, 3.63) is 29.8 Å². The molecule has 1 aromatic rings. The maximum Gasteiger partial charge on any atom is 0.237 e. The number of aliphatic hydroxyl groups is 1. The van der Waals surface area contributed by atoms with E-state index in [0.717, 1.165) is 5.56 Å². The molecule has 0 saturated heterocycles. The van der Waals surface area contributed by atoms with Crippen LogP contribution >= 0.6 is 0 Å². The topological polar surface area (TPSA) is 84.6 Å². The van der Waals surface area contributed by atoms with Gasteiger partial charge in [0.25, 0.3) is 0 Å². The third kappa shape index (κ3) is 3.72. The van der Waals surface area contributed by atoms with E-state index in [2.05, 4.69) is 5.32 Å². The number of rotatable bonds is 7. The minimum Gasteiger partial charge on any atom is -0.493 e. The van der Waals surface area contributed by atoms with Crippen LogP contribution in [0.2, 0.25) is 0 Å². The Labute approximate surface area is 107 Å². The molecule has 5 nitrogen and oxygen atoms in total. The van der Waals surface area contributed by atoms with Crippen molar-refractivity contribution < 1.29 is 14.6 Å². The molecule has 1 atom stereocenters. The van der Waals surface area contributed by atoms with Gasteiger partial charge >= 0.3 is 0 Å². The minimum atomic E-state index is -0.769. The van der Waals surface area contributed by atoms with E-state index in [-0.39, 0.29) is 6.61 Å². The maximum absolute atomic E-state index is 11.3. The van der Waals surface area contributed by atoms with E-state index in [1.165, 1.54) is 0 Å². The fourth-order valence-corrected chi connectivity index (χ4v) is 1.48. The van der Waals surface area contributed by atoms with Gasteiger partial charge in [-0.3, -0.25) is 4.79 Å². The van der Waals surface area contributed by atoms with Gasteiger partial charge in [0.15, 0.2) is 0 Å². The number of hydrogen-bond acceptors (Lipinski definition) is 4. The first kappa shape index (κ1) is 14.5. The summed E-state index contributed by atoms with van der Waals surface area (Å²) in [6.45, 7) is 2.09. The molecular formula is C13H20N2O3. The molecule has 0 aliphatic carbocycles. The van der Waals surface area contributed by atoms with Gasteiger partial charge in [0.05, 0.1) is 18.8 Å². The Morgan fingerprint density at radius 3 is 2.83 bits per heavy atom. The average molecular weight is 252 g/mol. The van der Waals surface area contributed by atoms with Crippen molar-refractivity contribution in [2.24, 2.45) is 5.73 Å². The lowest BCUT2D eigenvalue weighted by atomic mass is 9.98. The number of primary amides is 1. The summed E-state index contributed by atoms with van der Waals surface area (Å²) in [5.74, 6) is 0.266. The first-order valence-electron chi connectivity index (χ1n) is 5.83. The number of carbonyl (C=O) groups excluding carboxylic acids is 1. The monoisotopic (exact) mass is 252 g/mol. The van der Waals surface area contributed by atoms with Crippen LogP contribution in [0, 0.1) is 0 Å². The molecule has 1 aromatic carbocycles. The summed E-state index contributed by atoms with van der Waals surface area (Å²) in [6, 6.07) is 7.20. The third-order valence-electron chi connectivity index (χ3n) is 3.05. The van der Waals surface area contributed by atoms with Gasteiger partial charge in [-0.2, -0.15) is 0 Å². The van der Waals surface area contributed by atoms with Gasteiger partial charge in [-0.15, -0.1) is 0 Å². The van der Waals surface area contributed by atoms with E-state index in [0.29, 0.717) is 18.8 Å². The quantitative estimate of drug-likeness (QED) is 0.656. The van der Waals surface area contributed by atoms with Gasteiger partial charge in [0.1, 0.15) is 5.75 Å². The van der Waals surface area contributed by atoms with Crippen LogP contribution in [0.15, 0.2) is 24.3 Å². The molecule has 0 spiro atoms. The van der Waals surface area contributed by atoms with E-state index in [4.69, 9.17) is 15.6 Å². The van der Waals surface area contributed by atoms with Crippen molar-refractivity contribution in [2.75, 3.05) is 13.7 Å². The largest absolute Gasteiger partial charge is 0.493 e. The van der Waals surface area contributed by atoms with Gasteiger partial charge in [-0.1, -0.05) is 12.1 Å². The first-order chi connectivity index (χ1) is 8.51. The molecule has 4 N–H and O–H groups in total. The summed E-state index contributed by atoms with van der Waals surface area (Å²) in [4.78, 5) is 11.3. The van der Waals surface area contributed by atoms with Crippen LogP contribution in [0.3, 0.4) is 0 Å². The van der Waals surface area contributed by atoms with Gasteiger partial charge in [-0.25, -0.2) is 0 Å². The van der Waals surface area contributed by atoms with Crippen LogP contribution in [0.5, 0.6) is 5.75 Å². The summed E-state index contributed by atoms with van der Waals surface area (Å²) >= 11 is 0. The van der Waals surface area contributed by atoms with Crippen molar-refractivity contribution in [1.29, 1.82) is 0 Å². The standard InChI is InChI=1S/C13H20N2O3/c1-13(15-2,12(14)17)6-7-18-11-5-3-4-10(8-11)9-16/h3-5,8,15-16H,6-7,9H2,1-2H3,(H2,14,17). The zero-order valence-corrected chi connectivity index (χ0v) is 10.8. The predicted molar refractivity (Wildman–Crippen MR) is 69.1 cm³/mol. The molecule has 0 aromatic heterocycles. The van der Waals surface area contributed by atoms with Crippen LogP contribution < -0.4 is 15.8 Å². The van der Waals surface area contributed by atoms with Crippen molar-refractivity contribution >= 4 is 5.91 Å². The Hall–Kier alpha value is -1.59. The van der Waals surface area contributed by atoms with Gasteiger partial charge in [0.2, 0.25) is 5.91 Å². The molecule has 0 bridgehead atoms. The lowest BCUT2D eigenvalue weighted by Gasteiger charge is -2.25. The summed E-state index contributed by atoms with van der Waals surface area (Å²) in [6.07, 6.45) is 0.474. The Bertz CT molecular complexity index is 409. The number of ether oxygens (including phenoxy) is 1. The van der Waals surface area contributed by atoms with Crippen molar-refractivity contribution in [1.82, 2.24) is 5.32 Å². The summed E-state index contributed by atoms with van der Waals surface area (Å²) in [5, 5.41) is 11.9. The van der Waals surface area contributed by atoms with Crippen LogP contribution in [0.25, 0.3) is 0 Å². The van der Waals surface area contributed by atoms with Crippen molar-refractivity contribution in [3.63, 3.8) is 0 Å². The molecule has 1 amide bonds. The number of amides is 1. The number of nitrogens with one attached hydrogen (secondary N) is 1. The molecule has 0 saturated carbocycles. The second kappa shape index (κ2) is 6.37. The van der Waals surface area contributed by atoms with E-state index in [9.17, 15) is 4.79 Å². The molecule has 0 fully saturated rings. The average Bonchev–Trinajstić information content (AvgIpc) is 2.38. The SMILES string of the molecule is CNC(C)(CCOc1cccc(CO)c1)C(N)=O. The van der Waals surface area contributed by atoms with Crippen LogP contribution in [-0.4, -0.2) is 30.2 Å². The minimum absolute atomic E-state index is 0.0211. The van der Waals surface area contributed by atoms with Crippen molar-refractivity contribution in [2.45, 2.75) is 25.5 Å². The Morgan fingerprint density at radius 1 is 1.56 bits per heavy atom. The molecule has 100 valence electrons. The number of aliphatic hydroxyl groups excluding tert-OH is 1. The summed E-state index contributed by atoms with van der Waals surface area (Å²) in [7, 11) is 1.69. The number of benzene rings is 1. The lowest BCUT2D eigenvalue weighted by molar-refractivity contribution is -0.124.